The van der Waals surface area contributed by atoms with Crippen molar-refractivity contribution in [2.45, 2.75) is 113 Å². The van der Waals surface area contributed by atoms with E-state index < -0.39 is 6.43 Å². The molecule has 0 bridgehead atoms. The van der Waals surface area contributed by atoms with Crippen molar-refractivity contribution in [2.75, 3.05) is 0 Å². The smallest absolute Gasteiger partial charge is 0.263 e. The minimum absolute atomic E-state index is 0. The van der Waals surface area contributed by atoms with Crippen LogP contribution in [-0.2, 0) is 6.42 Å². The van der Waals surface area contributed by atoms with Gasteiger partial charge in [0.2, 0.25) is 0 Å². The molecule has 4 rings (SSSR count). The van der Waals surface area contributed by atoms with Gasteiger partial charge in [-0.3, -0.25) is 15.0 Å². The van der Waals surface area contributed by atoms with Gasteiger partial charge in [-0.15, -0.1) is 0 Å². The van der Waals surface area contributed by atoms with Crippen molar-refractivity contribution in [1.29, 1.82) is 0 Å². The molecular weight excluding hydrogens is 536 g/mol. The van der Waals surface area contributed by atoms with Crippen LogP contribution >= 0.6 is 0 Å². The van der Waals surface area contributed by atoms with Crippen LogP contribution in [-0.4, -0.2) is 15.0 Å². The number of nitrogens with zero attached hydrogens (tertiary/aromatic N) is 3. The molecule has 0 amide bonds. The molecule has 3 aromatic heterocycles. The minimum Gasteiger partial charge on any atom is -0.265 e. The number of aromatic nitrogens is 3. The zero-order chi connectivity index (χ0) is 31.7. The Morgan fingerprint density at radius 3 is 1.53 bits per heavy atom. The summed E-state index contributed by atoms with van der Waals surface area (Å²) in [6, 6.07) is 19.1. The maximum atomic E-state index is 12.2. The fraction of sp³-hybridized carbons (Fsp3) is 0.447. The van der Waals surface area contributed by atoms with E-state index in [0.29, 0.717) is 23.7 Å². The van der Waals surface area contributed by atoms with Gasteiger partial charge in [0.05, 0.1) is 0 Å². The summed E-state index contributed by atoms with van der Waals surface area (Å²) in [5.41, 5.74) is 7.48. The van der Waals surface area contributed by atoms with E-state index in [4.69, 9.17) is 0 Å². The second kappa shape index (κ2) is 21.3. The molecule has 0 spiro atoms. The normalized spacial score (nSPS) is 10.3. The van der Waals surface area contributed by atoms with Crippen molar-refractivity contribution in [2.24, 2.45) is 0 Å². The Morgan fingerprint density at radius 2 is 1.09 bits per heavy atom. The van der Waals surface area contributed by atoms with Crippen LogP contribution in [0.5, 0.6) is 0 Å². The molecule has 4 aromatic rings. The quantitative estimate of drug-likeness (QED) is 0.224. The summed E-state index contributed by atoms with van der Waals surface area (Å²) in [5, 5.41) is 0. The first-order valence-electron chi connectivity index (χ1n) is 15.0. The summed E-state index contributed by atoms with van der Waals surface area (Å²) >= 11 is 0. The van der Waals surface area contributed by atoms with E-state index in [9.17, 15) is 8.78 Å². The van der Waals surface area contributed by atoms with Gasteiger partial charge < -0.3 is 0 Å². The molecule has 0 aliphatic heterocycles. The highest BCUT2D eigenvalue weighted by Crippen LogP contribution is 2.23. The number of alkyl halides is 2. The van der Waals surface area contributed by atoms with Gasteiger partial charge in [0.15, 0.2) is 0 Å². The number of rotatable bonds is 6. The lowest BCUT2D eigenvalue weighted by atomic mass is 10.0. The predicted octanol–water partition coefficient (Wildman–Crippen LogP) is 11.9. The maximum absolute atomic E-state index is 12.2. The van der Waals surface area contributed by atoms with Crippen LogP contribution in [0.1, 0.15) is 139 Å². The average Bonchev–Trinajstić information content (AvgIpc) is 2.98. The highest BCUT2D eigenvalue weighted by molar-refractivity contribution is 5.26. The Hall–Kier alpha value is -3.47. The van der Waals surface area contributed by atoms with Gasteiger partial charge >= 0.3 is 0 Å². The minimum atomic E-state index is -2.36. The van der Waals surface area contributed by atoms with Crippen LogP contribution in [0, 0.1) is 6.92 Å². The molecule has 5 heteroatoms. The molecule has 236 valence electrons. The van der Waals surface area contributed by atoms with Crippen molar-refractivity contribution in [3.05, 3.63) is 125 Å². The van der Waals surface area contributed by atoms with E-state index in [1.165, 1.54) is 28.5 Å². The predicted molar refractivity (Wildman–Crippen MR) is 181 cm³/mol. The van der Waals surface area contributed by atoms with Crippen molar-refractivity contribution >= 4 is 0 Å². The number of aryl methyl sites for hydroxylation is 2. The fourth-order valence-corrected chi connectivity index (χ4v) is 3.76. The van der Waals surface area contributed by atoms with Crippen LogP contribution in [0.4, 0.5) is 8.78 Å². The summed E-state index contributed by atoms with van der Waals surface area (Å²) in [5.74, 6) is 2.08. The Labute approximate surface area is 261 Å². The van der Waals surface area contributed by atoms with Crippen molar-refractivity contribution in [1.82, 2.24) is 15.0 Å². The van der Waals surface area contributed by atoms with Crippen LogP contribution in [0.15, 0.2) is 85.5 Å². The summed E-state index contributed by atoms with van der Waals surface area (Å²) < 4.78 is 24.4. The zero-order valence-corrected chi connectivity index (χ0v) is 27.3. The van der Waals surface area contributed by atoms with Gasteiger partial charge in [0, 0.05) is 41.7 Å². The van der Waals surface area contributed by atoms with Crippen molar-refractivity contribution in [3.63, 3.8) is 0 Å². The first kappa shape index (κ1) is 39.5. The first-order valence-corrected chi connectivity index (χ1v) is 15.0. The van der Waals surface area contributed by atoms with E-state index >= 15 is 0 Å². The second-order valence-corrected chi connectivity index (χ2v) is 11.5. The molecule has 0 saturated heterocycles. The van der Waals surface area contributed by atoms with Gasteiger partial charge in [-0.2, -0.15) is 0 Å². The molecule has 0 N–H and O–H groups in total. The van der Waals surface area contributed by atoms with Crippen LogP contribution < -0.4 is 0 Å². The summed E-state index contributed by atoms with van der Waals surface area (Å²) in [4.78, 5) is 12.3. The molecule has 3 heterocycles. The van der Waals surface area contributed by atoms with Gasteiger partial charge in [-0.25, -0.2) is 8.78 Å². The van der Waals surface area contributed by atoms with E-state index in [-0.39, 0.29) is 13.0 Å². The number of hydrogen-bond acceptors (Lipinski definition) is 3. The standard InChI is InChI=1S/C10H12F2.C10H15N.C9H13N.C8H11N.CH4/c1-7(2)8-4-3-5-9(6-8)10(11)12;1-4-9-5-6-11-10(7-9)8(2)3;1-7(2)9-4-5-10-8(3)6-9;1-7(2)8-3-5-9-6-4-8;/h3-7,10H,1-2H3;5-8H,4H2,1-3H3;4-7H,1-3H3;3-7H,1-2H3;1H4. The van der Waals surface area contributed by atoms with E-state index in [1.807, 2.05) is 63.8 Å². The lowest BCUT2D eigenvalue weighted by molar-refractivity contribution is 0.151. The highest BCUT2D eigenvalue weighted by Gasteiger charge is 2.08. The molecule has 1 aromatic carbocycles. The van der Waals surface area contributed by atoms with E-state index in [1.54, 1.807) is 12.1 Å². The molecule has 0 aliphatic carbocycles. The third-order valence-corrected chi connectivity index (χ3v) is 6.63. The molecule has 3 nitrogen and oxygen atoms in total. The molecule has 0 atom stereocenters. The van der Waals surface area contributed by atoms with Gasteiger partial charge in [0.25, 0.3) is 6.43 Å². The van der Waals surface area contributed by atoms with Gasteiger partial charge in [0.1, 0.15) is 0 Å². The topological polar surface area (TPSA) is 38.7 Å². The number of halogens is 2. The molecule has 0 unspecified atom stereocenters. The van der Waals surface area contributed by atoms with Gasteiger partial charge in [-0.1, -0.05) is 87.9 Å². The monoisotopic (exact) mass is 591 g/mol. The average molecular weight is 592 g/mol. The summed E-state index contributed by atoms with van der Waals surface area (Å²) in [6.07, 6.45) is 6.16. The Balaban J connectivity index is 0.000000545. The Kier molecular flexibility index (Phi) is 19.5. The first-order chi connectivity index (χ1) is 19.8. The molecule has 0 aliphatic rings. The number of hydrogen-bond donors (Lipinski definition) is 0. The summed E-state index contributed by atoms with van der Waals surface area (Å²) in [7, 11) is 0. The van der Waals surface area contributed by atoms with Crippen LogP contribution in [0.25, 0.3) is 0 Å². The van der Waals surface area contributed by atoms with Crippen molar-refractivity contribution in [3.8, 4) is 0 Å². The lowest BCUT2D eigenvalue weighted by Crippen LogP contribution is -1.93. The Bertz CT molecular complexity index is 1250. The lowest BCUT2D eigenvalue weighted by Gasteiger charge is -2.06. The van der Waals surface area contributed by atoms with Crippen LogP contribution in [0.2, 0.25) is 0 Å². The molecule has 0 radical (unpaired) electrons. The zero-order valence-electron chi connectivity index (χ0n) is 27.3. The fourth-order valence-electron chi connectivity index (χ4n) is 3.76. The highest BCUT2D eigenvalue weighted by atomic mass is 19.3. The molecule has 0 saturated carbocycles. The SMILES string of the molecule is C.CC(C)c1cccc(C(F)F)c1.CC(C)c1ccncc1.CCc1ccnc(C(C)C)c1.Cc1cc(C(C)C)ccn1. The third kappa shape index (κ3) is 16.1. The third-order valence-electron chi connectivity index (χ3n) is 6.63. The number of pyridine rings is 3. The van der Waals surface area contributed by atoms with E-state index in [0.717, 1.165) is 17.7 Å². The molecule has 43 heavy (non-hydrogen) atoms. The van der Waals surface area contributed by atoms with Crippen molar-refractivity contribution < 1.29 is 8.78 Å². The molecular formula is C38H55F2N3. The maximum Gasteiger partial charge on any atom is 0.263 e. The Morgan fingerprint density at radius 1 is 0.581 bits per heavy atom. The second-order valence-electron chi connectivity index (χ2n) is 11.5. The van der Waals surface area contributed by atoms with E-state index in [2.05, 4.69) is 87.7 Å². The van der Waals surface area contributed by atoms with Crippen LogP contribution in [0.3, 0.4) is 0 Å². The van der Waals surface area contributed by atoms with Gasteiger partial charge in [-0.05, 0) is 102 Å². The largest absolute Gasteiger partial charge is 0.265 e. The number of benzene rings is 1. The molecule has 0 fully saturated rings. The summed E-state index contributed by atoms with van der Waals surface area (Å²) in [6.45, 7) is 21.2.